The maximum absolute atomic E-state index is 12.6. The van der Waals surface area contributed by atoms with Crippen LogP contribution in [0, 0.1) is 25.2 Å². The van der Waals surface area contributed by atoms with Gasteiger partial charge in [-0.15, -0.1) is 0 Å². The van der Waals surface area contributed by atoms with Crippen molar-refractivity contribution < 1.29 is 24.2 Å². The van der Waals surface area contributed by atoms with Gasteiger partial charge in [-0.3, -0.25) is 4.79 Å². The molecule has 0 atom stereocenters. The summed E-state index contributed by atoms with van der Waals surface area (Å²) in [4.78, 5) is 23.8. The lowest BCUT2D eigenvalue weighted by atomic mass is 10.1. The number of nitriles is 1. The molecule has 0 bridgehead atoms. The van der Waals surface area contributed by atoms with E-state index in [1.54, 1.807) is 6.07 Å². The largest absolute Gasteiger partial charge is 0.478 e. The number of carbonyl (C=O) groups is 2. The van der Waals surface area contributed by atoms with Crippen LogP contribution in [0.15, 0.2) is 54.1 Å². The average Bonchev–Trinajstić information content (AvgIpc) is 3.35. The molecule has 8 nitrogen and oxygen atoms in total. The van der Waals surface area contributed by atoms with Crippen molar-refractivity contribution in [2.24, 2.45) is 0 Å². The van der Waals surface area contributed by atoms with Crippen LogP contribution in [0.2, 0.25) is 0 Å². The van der Waals surface area contributed by atoms with Gasteiger partial charge in [0.1, 0.15) is 11.6 Å². The molecule has 0 radical (unpaired) electrons. The van der Waals surface area contributed by atoms with Crippen molar-refractivity contribution in [3.8, 4) is 23.3 Å². The van der Waals surface area contributed by atoms with E-state index in [1.807, 2.05) is 48.7 Å². The summed E-state index contributed by atoms with van der Waals surface area (Å²) in [6.45, 7) is 4.01. The molecule has 32 heavy (non-hydrogen) atoms. The van der Waals surface area contributed by atoms with Gasteiger partial charge in [0.15, 0.2) is 11.5 Å². The zero-order chi connectivity index (χ0) is 22.8. The quantitative estimate of drug-likeness (QED) is 0.467. The molecular weight excluding hydrogens is 410 g/mol. The van der Waals surface area contributed by atoms with Crippen molar-refractivity contribution in [2.45, 2.75) is 13.8 Å². The average molecular weight is 429 g/mol. The van der Waals surface area contributed by atoms with Gasteiger partial charge in [0.05, 0.1) is 5.56 Å². The molecule has 1 amide bonds. The third-order valence-corrected chi connectivity index (χ3v) is 5.12. The van der Waals surface area contributed by atoms with Crippen LogP contribution in [0.1, 0.15) is 27.3 Å². The van der Waals surface area contributed by atoms with Crippen molar-refractivity contribution in [3.63, 3.8) is 0 Å². The number of carbonyl (C=O) groups excluding carboxylic acids is 1. The number of aromatic nitrogens is 1. The van der Waals surface area contributed by atoms with E-state index in [1.165, 1.54) is 24.3 Å². The van der Waals surface area contributed by atoms with Crippen molar-refractivity contribution in [1.82, 2.24) is 4.57 Å². The maximum atomic E-state index is 12.6. The highest BCUT2D eigenvalue weighted by molar-refractivity contribution is 6.10. The Morgan fingerprint density at radius 2 is 1.91 bits per heavy atom. The Hall–Kier alpha value is -4.51. The predicted octanol–water partition coefficient (Wildman–Crippen LogP) is 4.07. The van der Waals surface area contributed by atoms with E-state index in [9.17, 15) is 14.9 Å². The van der Waals surface area contributed by atoms with Gasteiger partial charge >= 0.3 is 5.97 Å². The Morgan fingerprint density at radius 3 is 2.66 bits per heavy atom. The Kier molecular flexibility index (Phi) is 5.39. The summed E-state index contributed by atoms with van der Waals surface area (Å²) in [5.41, 5.74) is 3.58. The maximum Gasteiger partial charge on any atom is 0.335 e. The number of aromatic carboxylic acids is 1. The first-order valence-corrected chi connectivity index (χ1v) is 9.73. The van der Waals surface area contributed by atoms with Crippen LogP contribution in [-0.4, -0.2) is 28.3 Å². The molecular formula is C24H19N3O5. The van der Waals surface area contributed by atoms with E-state index in [0.717, 1.165) is 17.1 Å². The number of hydrogen-bond acceptors (Lipinski definition) is 5. The number of ether oxygens (including phenoxy) is 2. The third-order valence-electron chi connectivity index (χ3n) is 5.12. The minimum atomic E-state index is -1.10. The fourth-order valence-corrected chi connectivity index (χ4v) is 3.59. The molecule has 2 heterocycles. The third kappa shape index (κ3) is 3.91. The molecule has 160 valence electrons. The number of nitrogens with zero attached hydrogens (tertiary/aromatic N) is 2. The fraction of sp³-hybridized carbons (Fsp3) is 0.125. The molecule has 0 saturated heterocycles. The molecule has 0 unspecified atom stereocenters. The van der Waals surface area contributed by atoms with Crippen molar-refractivity contribution >= 4 is 23.6 Å². The van der Waals surface area contributed by atoms with E-state index >= 15 is 0 Å². The number of rotatable bonds is 5. The summed E-state index contributed by atoms with van der Waals surface area (Å²) in [6, 6.07) is 15.3. The van der Waals surface area contributed by atoms with Crippen LogP contribution in [-0.2, 0) is 4.79 Å². The van der Waals surface area contributed by atoms with Gasteiger partial charge in [0.25, 0.3) is 5.91 Å². The predicted molar refractivity (Wildman–Crippen MR) is 117 cm³/mol. The van der Waals surface area contributed by atoms with Crippen molar-refractivity contribution in [2.75, 3.05) is 12.1 Å². The first-order valence-electron chi connectivity index (χ1n) is 9.73. The Bertz CT molecular complexity index is 1310. The Balaban J connectivity index is 1.63. The summed E-state index contributed by atoms with van der Waals surface area (Å²) in [7, 11) is 0. The summed E-state index contributed by atoms with van der Waals surface area (Å²) >= 11 is 0. The second-order valence-electron chi connectivity index (χ2n) is 7.21. The number of carboxylic acids is 1. The van der Waals surface area contributed by atoms with Gasteiger partial charge in [-0.05, 0) is 61.9 Å². The van der Waals surface area contributed by atoms with E-state index in [4.69, 9.17) is 14.6 Å². The fourth-order valence-electron chi connectivity index (χ4n) is 3.59. The first-order chi connectivity index (χ1) is 15.4. The molecule has 0 spiro atoms. The number of nitrogens with one attached hydrogen (secondary N) is 1. The van der Waals surface area contributed by atoms with Gasteiger partial charge in [0.2, 0.25) is 6.79 Å². The number of fused-ring (bicyclic) bond motifs is 1. The molecule has 1 aliphatic heterocycles. The zero-order valence-electron chi connectivity index (χ0n) is 17.4. The van der Waals surface area contributed by atoms with E-state index in [0.29, 0.717) is 22.7 Å². The summed E-state index contributed by atoms with van der Waals surface area (Å²) in [5, 5.41) is 21.2. The summed E-state index contributed by atoms with van der Waals surface area (Å²) in [5.74, 6) is -0.379. The van der Waals surface area contributed by atoms with Gasteiger partial charge in [0, 0.05) is 28.8 Å². The molecule has 1 aliphatic rings. The monoisotopic (exact) mass is 429 g/mol. The lowest BCUT2D eigenvalue weighted by Gasteiger charge is -2.10. The van der Waals surface area contributed by atoms with E-state index < -0.39 is 11.9 Å². The lowest BCUT2D eigenvalue weighted by molar-refractivity contribution is -0.112. The number of hydrogen-bond donors (Lipinski definition) is 2. The summed E-state index contributed by atoms with van der Waals surface area (Å²) in [6.07, 6.45) is 1.52. The van der Waals surface area contributed by atoms with Gasteiger partial charge in [-0.1, -0.05) is 6.07 Å². The van der Waals surface area contributed by atoms with Crippen LogP contribution >= 0.6 is 0 Å². The second-order valence-corrected chi connectivity index (χ2v) is 7.21. The number of aryl methyl sites for hydroxylation is 1. The van der Waals surface area contributed by atoms with Crippen LogP contribution in [0.3, 0.4) is 0 Å². The minimum absolute atomic E-state index is 0.0394. The van der Waals surface area contributed by atoms with Crippen LogP contribution in [0.5, 0.6) is 11.5 Å². The molecule has 2 N–H and O–H groups in total. The number of anilines is 1. The Labute approximate surface area is 183 Å². The standard InChI is InChI=1S/C24H19N3O5/c1-14-8-17(15(2)27(14)20-6-7-21-22(11-20)32-13-31-21)9-18(12-25)23(28)26-19-5-3-4-16(10-19)24(29)30/h3-11H,13H2,1-2H3,(H,26,28)(H,29,30)/b18-9-. The molecule has 1 aromatic heterocycles. The molecule has 0 aliphatic carbocycles. The normalized spacial score (nSPS) is 12.3. The van der Waals surface area contributed by atoms with Gasteiger partial charge in [-0.2, -0.15) is 5.26 Å². The molecule has 8 heteroatoms. The highest BCUT2D eigenvalue weighted by Crippen LogP contribution is 2.35. The SMILES string of the molecule is Cc1cc(/C=C(/C#N)C(=O)Nc2cccc(C(=O)O)c2)c(C)n1-c1ccc2c(c1)OCO2. The number of benzene rings is 2. The van der Waals surface area contributed by atoms with E-state index in [-0.39, 0.29) is 17.9 Å². The van der Waals surface area contributed by atoms with Gasteiger partial charge < -0.3 is 24.5 Å². The van der Waals surface area contributed by atoms with Crippen molar-refractivity contribution in [1.29, 1.82) is 5.26 Å². The zero-order valence-corrected chi connectivity index (χ0v) is 17.4. The van der Waals surface area contributed by atoms with Crippen molar-refractivity contribution in [3.05, 3.63) is 76.6 Å². The second kappa shape index (κ2) is 8.32. The molecule has 0 fully saturated rings. The summed E-state index contributed by atoms with van der Waals surface area (Å²) < 4.78 is 12.8. The Morgan fingerprint density at radius 1 is 1.12 bits per heavy atom. The molecule has 2 aromatic carbocycles. The highest BCUT2D eigenvalue weighted by Gasteiger charge is 2.18. The molecule has 4 rings (SSSR count). The molecule has 3 aromatic rings. The van der Waals surface area contributed by atoms with Crippen LogP contribution < -0.4 is 14.8 Å². The topological polar surface area (TPSA) is 114 Å². The van der Waals surface area contributed by atoms with Crippen LogP contribution in [0.25, 0.3) is 11.8 Å². The first kappa shape index (κ1) is 20.8. The number of carboxylic acid groups (broad SMARTS) is 1. The number of amides is 1. The minimum Gasteiger partial charge on any atom is -0.478 e. The van der Waals surface area contributed by atoms with Gasteiger partial charge in [-0.25, -0.2) is 4.79 Å². The van der Waals surface area contributed by atoms with Crippen LogP contribution in [0.4, 0.5) is 5.69 Å². The van der Waals surface area contributed by atoms with E-state index in [2.05, 4.69) is 5.32 Å². The highest BCUT2D eigenvalue weighted by atomic mass is 16.7. The lowest BCUT2D eigenvalue weighted by Crippen LogP contribution is -2.14. The molecule has 0 saturated carbocycles. The smallest absolute Gasteiger partial charge is 0.335 e.